The highest BCUT2D eigenvalue weighted by Crippen LogP contribution is 2.23. The summed E-state index contributed by atoms with van der Waals surface area (Å²) in [6.07, 6.45) is 46.6. The third-order valence-corrected chi connectivity index (χ3v) is 12.8. The molecule has 1 aliphatic rings. The van der Waals surface area contributed by atoms with Gasteiger partial charge in [-0.1, -0.05) is 224 Å². The zero-order valence-corrected chi connectivity index (χ0v) is 40.4. The molecule has 0 aromatic heterocycles. The minimum atomic E-state index is -1.57. The lowest BCUT2D eigenvalue weighted by atomic mass is 9.99. The van der Waals surface area contributed by atoms with Crippen molar-refractivity contribution in [1.82, 2.24) is 5.32 Å². The molecular weight excluding hydrogens is 779 g/mol. The van der Waals surface area contributed by atoms with Crippen LogP contribution >= 0.6 is 0 Å². The van der Waals surface area contributed by atoms with Crippen LogP contribution in [0.5, 0.6) is 0 Å². The molecule has 7 unspecified atom stereocenters. The summed E-state index contributed by atoms with van der Waals surface area (Å²) in [7, 11) is 0. The first-order valence-electron chi connectivity index (χ1n) is 26.6. The van der Waals surface area contributed by atoms with Gasteiger partial charge in [0, 0.05) is 6.42 Å². The standard InChI is InChI=1S/C53H101NO8/c1-3-5-7-9-11-13-15-17-19-20-21-22-23-24-25-26-27-29-30-32-34-36-38-40-42-47(56)46(45-61-53-52(60)51(59)50(58)48(44-55)62-53)54-49(57)43-41-39-37-35-33-31-28-18-16-14-12-10-8-6-4-2/h18,28,40,42,46-48,50-53,55-56,58-60H,3-17,19-27,29-39,41,43-45H2,1-2H3,(H,54,57)/b28-18-,42-40+. The molecule has 1 rings (SSSR count). The number of ether oxygens (including phenoxy) is 2. The van der Waals surface area contributed by atoms with Crippen molar-refractivity contribution < 1.29 is 39.8 Å². The summed E-state index contributed by atoms with van der Waals surface area (Å²) >= 11 is 0. The van der Waals surface area contributed by atoms with E-state index in [2.05, 4.69) is 31.3 Å². The van der Waals surface area contributed by atoms with Gasteiger partial charge in [-0.3, -0.25) is 4.79 Å². The molecule has 9 heteroatoms. The van der Waals surface area contributed by atoms with Crippen LogP contribution in [0.15, 0.2) is 24.3 Å². The number of aliphatic hydroxyl groups excluding tert-OH is 5. The molecule has 62 heavy (non-hydrogen) atoms. The molecule has 0 bridgehead atoms. The molecule has 1 amide bonds. The predicted octanol–water partition coefficient (Wildman–Crippen LogP) is 12.2. The molecule has 0 aromatic carbocycles. The highest BCUT2D eigenvalue weighted by molar-refractivity contribution is 5.76. The van der Waals surface area contributed by atoms with Crippen LogP contribution < -0.4 is 5.32 Å². The fourth-order valence-corrected chi connectivity index (χ4v) is 8.51. The highest BCUT2D eigenvalue weighted by atomic mass is 16.7. The maximum Gasteiger partial charge on any atom is 0.220 e. The van der Waals surface area contributed by atoms with Gasteiger partial charge in [0.25, 0.3) is 0 Å². The molecule has 1 heterocycles. The molecule has 1 fully saturated rings. The SMILES string of the molecule is CCCCCCCC/C=C\CCCCCCCC(=O)NC(COC1OC(CO)C(O)C(O)C1O)C(O)/C=C/CCCCCCCCCCCCCCCCCCCCCCCC. The highest BCUT2D eigenvalue weighted by Gasteiger charge is 2.44. The summed E-state index contributed by atoms with van der Waals surface area (Å²) in [4.78, 5) is 13.0. The summed E-state index contributed by atoms with van der Waals surface area (Å²) in [5.41, 5.74) is 0. The summed E-state index contributed by atoms with van der Waals surface area (Å²) in [5, 5.41) is 54.4. The van der Waals surface area contributed by atoms with Crippen LogP contribution in [0.1, 0.15) is 251 Å². The average Bonchev–Trinajstić information content (AvgIpc) is 3.27. The second-order valence-electron chi connectivity index (χ2n) is 18.7. The van der Waals surface area contributed by atoms with E-state index in [0.717, 1.165) is 57.8 Å². The van der Waals surface area contributed by atoms with Crippen LogP contribution in [0, 0.1) is 0 Å². The van der Waals surface area contributed by atoms with E-state index in [1.54, 1.807) is 6.08 Å². The average molecular weight is 880 g/mol. The van der Waals surface area contributed by atoms with Gasteiger partial charge in [-0.25, -0.2) is 0 Å². The lowest BCUT2D eigenvalue weighted by Gasteiger charge is -2.40. The van der Waals surface area contributed by atoms with Gasteiger partial charge >= 0.3 is 0 Å². The molecule has 0 aliphatic carbocycles. The number of hydrogen-bond acceptors (Lipinski definition) is 8. The quantitative estimate of drug-likeness (QED) is 0.0262. The lowest BCUT2D eigenvalue weighted by Crippen LogP contribution is -2.60. The summed E-state index contributed by atoms with van der Waals surface area (Å²) in [6, 6.07) is -0.807. The van der Waals surface area contributed by atoms with Crippen molar-refractivity contribution in [3.63, 3.8) is 0 Å². The van der Waals surface area contributed by atoms with E-state index in [9.17, 15) is 30.3 Å². The zero-order valence-electron chi connectivity index (χ0n) is 40.4. The third kappa shape index (κ3) is 33.2. The van der Waals surface area contributed by atoms with Crippen LogP contribution in [0.3, 0.4) is 0 Å². The second kappa shape index (κ2) is 43.6. The van der Waals surface area contributed by atoms with Gasteiger partial charge in [-0.2, -0.15) is 0 Å². The van der Waals surface area contributed by atoms with E-state index >= 15 is 0 Å². The fraction of sp³-hybridized carbons (Fsp3) is 0.906. The van der Waals surface area contributed by atoms with Crippen molar-refractivity contribution in [2.45, 2.75) is 294 Å². The largest absolute Gasteiger partial charge is 0.394 e. The number of nitrogens with one attached hydrogen (secondary N) is 1. The third-order valence-electron chi connectivity index (χ3n) is 12.8. The van der Waals surface area contributed by atoms with Crippen LogP contribution in [0.4, 0.5) is 0 Å². The molecule has 0 saturated carbocycles. The first kappa shape index (κ1) is 58.7. The van der Waals surface area contributed by atoms with Gasteiger partial charge in [0.05, 0.1) is 25.4 Å². The number of aliphatic hydroxyl groups is 5. The van der Waals surface area contributed by atoms with E-state index in [4.69, 9.17) is 9.47 Å². The first-order valence-corrected chi connectivity index (χ1v) is 26.6. The Bertz CT molecular complexity index is 1020. The van der Waals surface area contributed by atoms with Crippen molar-refractivity contribution in [1.29, 1.82) is 0 Å². The molecule has 1 aliphatic heterocycles. The Morgan fingerprint density at radius 3 is 1.31 bits per heavy atom. The maximum atomic E-state index is 13.0. The Labute approximate surface area is 381 Å². The van der Waals surface area contributed by atoms with Gasteiger partial charge in [-0.05, 0) is 44.9 Å². The Hall–Kier alpha value is -1.33. The smallest absolute Gasteiger partial charge is 0.220 e. The molecule has 7 atom stereocenters. The van der Waals surface area contributed by atoms with E-state index < -0.39 is 49.5 Å². The normalized spacial score (nSPS) is 20.4. The van der Waals surface area contributed by atoms with Crippen molar-refractivity contribution in [2.75, 3.05) is 13.2 Å². The van der Waals surface area contributed by atoms with Gasteiger partial charge in [-0.15, -0.1) is 0 Å². The van der Waals surface area contributed by atoms with Gasteiger partial charge < -0.3 is 40.3 Å². The summed E-state index contributed by atoms with van der Waals surface area (Å²) < 4.78 is 11.2. The molecule has 6 N–H and O–H groups in total. The van der Waals surface area contributed by atoms with Crippen LogP contribution in [0.2, 0.25) is 0 Å². The number of allylic oxidation sites excluding steroid dienone is 3. The van der Waals surface area contributed by atoms with Crippen LogP contribution in [-0.2, 0) is 14.3 Å². The van der Waals surface area contributed by atoms with Crippen molar-refractivity contribution >= 4 is 5.91 Å². The number of rotatable bonds is 45. The van der Waals surface area contributed by atoms with Crippen LogP contribution in [-0.4, -0.2) is 87.5 Å². The van der Waals surface area contributed by atoms with Crippen molar-refractivity contribution in [3.05, 3.63) is 24.3 Å². The number of hydrogen-bond donors (Lipinski definition) is 6. The fourth-order valence-electron chi connectivity index (χ4n) is 8.51. The molecule has 0 radical (unpaired) electrons. The van der Waals surface area contributed by atoms with Gasteiger partial charge in [0.1, 0.15) is 24.4 Å². The minimum Gasteiger partial charge on any atom is -0.394 e. The molecule has 366 valence electrons. The molecule has 9 nitrogen and oxygen atoms in total. The molecular formula is C53H101NO8. The topological polar surface area (TPSA) is 149 Å². The van der Waals surface area contributed by atoms with E-state index in [-0.39, 0.29) is 12.5 Å². The molecule has 0 aromatic rings. The van der Waals surface area contributed by atoms with E-state index in [0.29, 0.717) is 6.42 Å². The number of carbonyl (C=O) groups is 1. The Kier molecular flexibility index (Phi) is 41.2. The van der Waals surface area contributed by atoms with Gasteiger partial charge in [0.15, 0.2) is 6.29 Å². The Balaban J connectivity index is 2.26. The summed E-state index contributed by atoms with van der Waals surface area (Å²) in [6.45, 7) is 3.79. The Morgan fingerprint density at radius 2 is 0.903 bits per heavy atom. The van der Waals surface area contributed by atoms with Crippen molar-refractivity contribution in [3.8, 4) is 0 Å². The van der Waals surface area contributed by atoms with Gasteiger partial charge in [0.2, 0.25) is 5.91 Å². The predicted molar refractivity (Wildman–Crippen MR) is 258 cm³/mol. The minimum absolute atomic E-state index is 0.183. The second-order valence-corrected chi connectivity index (χ2v) is 18.7. The first-order chi connectivity index (χ1) is 30.3. The monoisotopic (exact) mass is 880 g/mol. The Morgan fingerprint density at radius 1 is 0.532 bits per heavy atom. The molecule has 0 spiro atoms. The van der Waals surface area contributed by atoms with E-state index in [1.165, 1.54) is 173 Å². The number of amides is 1. The lowest BCUT2D eigenvalue weighted by molar-refractivity contribution is -0.302. The summed E-state index contributed by atoms with van der Waals surface area (Å²) in [5.74, 6) is -0.183. The maximum absolute atomic E-state index is 13.0. The van der Waals surface area contributed by atoms with Crippen molar-refractivity contribution in [2.24, 2.45) is 0 Å². The van der Waals surface area contributed by atoms with Crippen LogP contribution in [0.25, 0.3) is 0 Å². The van der Waals surface area contributed by atoms with E-state index in [1.807, 2.05) is 6.08 Å². The molecule has 1 saturated heterocycles. The number of carbonyl (C=O) groups excluding carboxylic acids is 1. The zero-order chi connectivity index (χ0) is 45.1. The number of unbranched alkanes of at least 4 members (excludes halogenated alkanes) is 33.